The highest BCUT2D eigenvalue weighted by Crippen LogP contribution is 2.16. The molecule has 0 unspecified atom stereocenters. The molecule has 0 radical (unpaired) electrons. The van der Waals surface area contributed by atoms with Gasteiger partial charge in [-0.05, 0) is 54.3 Å². The van der Waals surface area contributed by atoms with E-state index in [4.69, 9.17) is 4.74 Å². The van der Waals surface area contributed by atoms with E-state index < -0.39 is 0 Å². The number of benzene rings is 2. The molecule has 0 fully saturated rings. The quantitative estimate of drug-likeness (QED) is 0.306. The van der Waals surface area contributed by atoms with Gasteiger partial charge in [-0.2, -0.15) is 0 Å². The molecule has 7 nitrogen and oxygen atoms in total. The molecule has 0 aromatic heterocycles. The third-order valence-electron chi connectivity index (χ3n) is 4.31. The third kappa shape index (κ3) is 15.7. The summed E-state index contributed by atoms with van der Waals surface area (Å²) >= 11 is 0. The van der Waals surface area contributed by atoms with E-state index in [1.54, 1.807) is 51.6 Å². The molecule has 192 valence electrons. The van der Waals surface area contributed by atoms with Gasteiger partial charge in [-0.1, -0.05) is 38.1 Å². The van der Waals surface area contributed by atoms with Crippen LogP contribution in [0.5, 0.6) is 5.75 Å². The lowest BCUT2D eigenvalue weighted by molar-refractivity contribution is -0.119. The lowest BCUT2D eigenvalue weighted by atomic mass is 10.0. The monoisotopic (exact) mass is 484 g/mol. The van der Waals surface area contributed by atoms with Gasteiger partial charge in [-0.3, -0.25) is 9.59 Å². The van der Waals surface area contributed by atoms with E-state index in [2.05, 4.69) is 42.4 Å². The SMILES string of the molecule is C=C.CCOC.CN/C(=C\c1ccc(C(C)C)cc1)C(=O)NCC=O.COc1ccc(C=O)cc1. The fraction of sp³-hybridized carbons (Fsp3) is 0.321. The molecule has 0 aliphatic heterocycles. The topological polar surface area (TPSA) is 93.7 Å². The second-order valence-corrected chi connectivity index (χ2v) is 6.97. The predicted molar refractivity (Wildman–Crippen MR) is 144 cm³/mol. The summed E-state index contributed by atoms with van der Waals surface area (Å²) in [7, 11) is 4.95. The summed E-state index contributed by atoms with van der Waals surface area (Å²) in [6.07, 6.45) is 3.21. The highest BCUT2D eigenvalue weighted by Gasteiger charge is 2.06. The minimum atomic E-state index is -0.289. The van der Waals surface area contributed by atoms with Gasteiger partial charge < -0.3 is 24.9 Å². The number of methoxy groups -OCH3 is 2. The van der Waals surface area contributed by atoms with Gasteiger partial charge in [0.25, 0.3) is 5.91 Å². The maximum atomic E-state index is 11.7. The van der Waals surface area contributed by atoms with Crippen molar-refractivity contribution >= 4 is 24.6 Å². The highest BCUT2D eigenvalue weighted by molar-refractivity contribution is 5.97. The van der Waals surface area contributed by atoms with Crippen molar-refractivity contribution < 1.29 is 23.9 Å². The molecule has 7 heteroatoms. The zero-order chi connectivity index (χ0) is 27.1. The van der Waals surface area contributed by atoms with Gasteiger partial charge in [0, 0.05) is 26.3 Å². The average Bonchev–Trinajstić information content (AvgIpc) is 2.92. The number of carbonyl (C=O) groups excluding carboxylic acids is 3. The number of rotatable bonds is 9. The van der Waals surface area contributed by atoms with E-state index >= 15 is 0 Å². The van der Waals surface area contributed by atoms with Crippen molar-refractivity contribution in [2.45, 2.75) is 26.7 Å². The first kappa shape index (κ1) is 33.5. The number of hydrogen-bond acceptors (Lipinski definition) is 6. The van der Waals surface area contributed by atoms with Crippen LogP contribution in [0.1, 0.15) is 48.2 Å². The Morgan fingerprint density at radius 3 is 1.86 bits per heavy atom. The van der Waals surface area contributed by atoms with Gasteiger partial charge in [-0.25, -0.2) is 0 Å². The first-order chi connectivity index (χ1) is 16.9. The van der Waals surface area contributed by atoms with Crippen LogP contribution in [0.25, 0.3) is 6.08 Å². The van der Waals surface area contributed by atoms with E-state index in [0.717, 1.165) is 24.2 Å². The van der Waals surface area contributed by atoms with Crippen molar-refractivity contribution in [1.82, 2.24) is 10.6 Å². The fourth-order valence-corrected chi connectivity index (χ4v) is 2.31. The second kappa shape index (κ2) is 22.1. The highest BCUT2D eigenvalue weighted by atomic mass is 16.5. The molecular formula is C28H40N2O5. The number of amides is 1. The van der Waals surface area contributed by atoms with Gasteiger partial charge in [0.05, 0.1) is 13.7 Å². The van der Waals surface area contributed by atoms with Crippen LogP contribution in [0.15, 0.2) is 67.4 Å². The first-order valence-electron chi connectivity index (χ1n) is 11.2. The van der Waals surface area contributed by atoms with Crippen molar-refractivity contribution in [2.75, 3.05) is 34.4 Å². The van der Waals surface area contributed by atoms with Crippen molar-refractivity contribution in [3.05, 3.63) is 84.1 Å². The zero-order valence-electron chi connectivity index (χ0n) is 21.8. The molecule has 2 rings (SSSR count). The zero-order valence-corrected chi connectivity index (χ0v) is 21.8. The summed E-state index contributed by atoms with van der Waals surface area (Å²) < 4.78 is 9.44. The molecular weight excluding hydrogens is 444 g/mol. The molecule has 0 saturated carbocycles. The molecule has 35 heavy (non-hydrogen) atoms. The molecule has 0 spiro atoms. The van der Waals surface area contributed by atoms with Gasteiger partial charge >= 0.3 is 0 Å². The molecule has 0 atom stereocenters. The Balaban J connectivity index is 0. The maximum absolute atomic E-state index is 11.7. The Hall–Kier alpha value is -3.71. The molecule has 2 N–H and O–H groups in total. The van der Waals surface area contributed by atoms with E-state index in [1.807, 2.05) is 31.2 Å². The largest absolute Gasteiger partial charge is 0.497 e. The smallest absolute Gasteiger partial charge is 0.267 e. The van der Waals surface area contributed by atoms with Crippen LogP contribution >= 0.6 is 0 Å². The van der Waals surface area contributed by atoms with Crippen LogP contribution in [0.3, 0.4) is 0 Å². The van der Waals surface area contributed by atoms with Gasteiger partial charge in [0.1, 0.15) is 24.0 Å². The standard InChI is InChI=1S/C15H20N2O2.C8H8O2.C3H8O.C2H4/c1-11(2)13-6-4-12(5-7-13)10-14(16-3)15(19)17-8-9-18;1-10-8-4-2-7(6-9)3-5-8;1-3-4-2;1-2/h4-7,9-11,16H,8H2,1-3H3,(H,17,19);2-6H,1H3;3H2,1-2H3;1-2H2/b14-10-;;;. The van der Waals surface area contributed by atoms with Crippen LogP contribution in [-0.2, 0) is 14.3 Å². The molecule has 1 amide bonds. The number of aldehydes is 2. The van der Waals surface area contributed by atoms with Crippen LogP contribution < -0.4 is 15.4 Å². The minimum Gasteiger partial charge on any atom is -0.497 e. The summed E-state index contributed by atoms with van der Waals surface area (Å²) in [5.74, 6) is 0.964. The Kier molecular flexibility index (Phi) is 21.1. The molecule has 0 aliphatic rings. The van der Waals surface area contributed by atoms with Crippen molar-refractivity contribution in [3.63, 3.8) is 0 Å². The number of carbonyl (C=O) groups is 3. The molecule has 0 aliphatic carbocycles. The summed E-state index contributed by atoms with van der Waals surface area (Å²) in [5.41, 5.74) is 3.29. The normalized spacial score (nSPS) is 9.63. The van der Waals surface area contributed by atoms with Crippen LogP contribution in [0.4, 0.5) is 0 Å². The molecule has 0 bridgehead atoms. The Bertz CT molecular complexity index is 858. The number of nitrogens with one attached hydrogen (secondary N) is 2. The Labute approximate surface area is 210 Å². The van der Waals surface area contributed by atoms with Crippen molar-refractivity contribution in [2.24, 2.45) is 0 Å². The van der Waals surface area contributed by atoms with Crippen LogP contribution in [-0.4, -0.2) is 52.9 Å². The average molecular weight is 485 g/mol. The summed E-state index contributed by atoms with van der Waals surface area (Å²) in [6, 6.07) is 15.0. The van der Waals surface area contributed by atoms with Crippen LogP contribution in [0.2, 0.25) is 0 Å². The number of hydrogen-bond donors (Lipinski definition) is 2. The summed E-state index contributed by atoms with van der Waals surface area (Å²) in [6.45, 7) is 13.1. The lowest BCUT2D eigenvalue weighted by Gasteiger charge is -2.08. The van der Waals surface area contributed by atoms with E-state index in [0.29, 0.717) is 23.5 Å². The molecule has 2 aromatic carbocycles. The van der Waals surface area contributed by atoms with Crippen molar-refractivity contribution in [3.8, 4) is 5.75 Å². The minimum absolute atomic E-state index is 0.0180. The van der Waals surface area contributed by atoms with Crippen molar-refractivity contribution in [1.29, 1.82) is 0 Å². The fourth-order valence-electron chi connectivity index (χ4n) is 2.31. The van der Waals surface area contributed by atoms with E-state index in [1.165, 1.54) is 5.56 Å². The third-order valence-corrected chi connectivity index (χ3v) is 4.31. The second-order valence-electron chi connectivity index (χ2n) is 6.97. The maximum Gasteiger partial charge on any atom is 0.267 e. The molecule has 2 aromatic rings. The van der Waals surface area contributed by atoms with E-state index in [9.17, 15) is 14.4 Å². The molecule has 0 saturated heterocycles. The van der Waals surface area contributed by atoms with Crippen LogP contribution in [0, 0.1) is 0 Å². The summed E-state index contributed by atoms with van der Waals surface area (Å²) in [4.78, 5) is 32.1. The lowest BCUT2D eigenvalue weighted by Crippen LogP contribution is -2.31. The molecule has 0 heterocycles. The Morgan fingerprint density at radius 1 is 0.971 bits per heavy atom. The van der Waals surface area contributed by atoms with Gasteiger partial charge in [0.2, 0.25) is 0 Å². The number of likely N-dealkylation sites (N-methyl/N-ethyl adjacent to an activating group) is 1. The number of ether oxygens (including phenoxy) is 2. The van der Waals surface area contributed by atoms with Gasteiger partial charge in [-0.15, -0.1) is 13.2 Å². The Morgan fingerprint density at radius 2 is 1.49 bits per heavy atom. The first-order valence-corrected chi connectivity index (χ1v) is 11.2. The van der Waals surface area contributed by atoms with E-state index in [-0.39, 0.29) is 12.5 Å². The predicted octanol–water partition coefficient (Wildman–Crippen LogP) is 4.65. The van der Waals surface area contributed by atoms with Gasteiger partial charge in [0.15, 0.2) is 0 Å². The summed E-state index contributed by atoms with van der Waals surface area (Å²) in [5, 5.41) is 5.33.